The second-order valence-electron chi connectivity index (χ2n) is 7.64. The Balaban J connectivity index is 0.000000451. The molecule has 1 atom stereocenters. The molecule has 0 aliphatic carbocycles. The standard InChI is InChI=1S/C18H27N3O4.C2HF3O2/c1-3-24-11-16(22)21-12-18(13-21)14(7-10-25-18)6-8-19-17(23)15-5-4-9-20(15)2;3-2(4,5)1(6)7/h4-5,9,14H,3,6-8,10-13H2,1-2H3,(H,19,23);(H,6,7). The van der Waals surface area contributed by atoms with E-state index >= 15 is 0 Å². The van der Waals surface area contributed by atoms with Gasteiger partial charge in [0.15, 0.2) is 0 Å². The van der Waals surface area contributed by atoms with Gasteiger partial charge in [-0.05, 0) is 37.8 Å². The first kappa shape index (κ1) is 25.7. The highest BCUT2D eigenvalue weighted by Gasteiger charge is 2.53. The molecule has 2 N–H and O–H groups in total. The van der Waals surface area contributed by atoms with E-state index in [1.165, 1.54) is 0 Å². The zero-order valence-electron chi connectivity index (χ0n) is 18.0. The van der Waals surface area contributed by atoms with Crippen molar-refractivity contribution in [3.8, 4) is 0 Å². The number of nitrogens with one attached hydrogen (secondary N) is 1. The number of carboxylic acids is 1. The van der Waals surface area contributed by atoms with Crippen LogP contribution in [0, 0.1) is 5.92 Å². The first-order valence-electron chi connectivity index (χ1n) is 10.2. The summed E-state index contributed by atoms with van der Waals surface area (Å²) in [6.45, 7) is 5.18. The number of halogens is 3. The number of carboxylic acid groups (broad SMARTS) is 1. The molecule has 2 aliphatic rings. The van der Waals surface area contributed by atoms with Crippen LogP contribution in [0.15, 0.2) is 18.3 Å². The average molecular weight is 463 g/mol. The normalized spacial score (nSPS) is 19.2. The molecule has 0 bridgehead atoms. The van der Waals surface area contributed by atoms with Gasteiger partial charge < -0.3 is 29.4 Å². The summed E-state index contributed by atoms with van der Waals surface area (Å²) in [7, 11) is 1.86. The number of likely N-dealkylation sites (tertiary alicyclic amines) is 1. The fourth-order valence-corrected chi connectivity index (χ4v) is 3.75. The predicted octanol–water partition coefficient (Wildman–Crippen LogP) is 1.43. The number of alkyl halides is 3. The van der Waals surface area contributed by atoms with Crippen LogP contribution in [0.25, 0.3) is 0 Å². The summed E-state index contributed by atoms with van der Waals surface area (Å²) in [4.78, 5) is 34.8. The van der Waals surface area contributed by atoms with E-state index in [0.29, 0.717) is 37.9 Å². The van der Waals surface area contributed by atoms with Crippen LogP contribution in [0.4, 0.5) is 13.2 Å². The smallest absolute Gasteiger partial charge is 0.475 e. The topological polar surface area (TPSA) is 110 Å². The highest BCUT2D eigenvalue weighted by molar-refractivity contribution is 5.92. The Morgan fingerprint density at radius 3 is 2.53 bits per heavy atom. The molecule has 1 aromatic heterocycles. The minimum absolute atomic E-state index is 0.0266. The van der Waals surface area contributed by atoms with E-state index in [4.69, 9.17) is 19.4 Å². The van der Waals surface area contributed by atoms with Crippen LogP contribution in [-0.4, -0.2) is 83.6 Å². The van der Waals surface area contributed by atoms with E-state index in [2.05, 4.69) is 5.32 Å². The summed E-state index contributed by atoms with van der Waals surface area (Å²) in [5.74, 6) is -2.41. The number of nitrogens with zero attached hydrogens (tertiary/aromatic N) is 2. The van der Waals surface area contributed by atoms with Gasteiger partial charge in [0.1, 0.15) is 17.9 Å². The average Bonchev–Trinajstić information content (AvgIpc) is 3.30. The van der Waals surface area contributed by atoms with Gasteiger partial charge in [0.05, 0.1) is 13.1 Å². The van der Waals surface area contributed by atoms with Gasteiger partial charge in [-0.1, -0.05) is 0 Å². The molecule has 1 aromatic rings. The van der Waals surface area contributed by atoms with Gasteiger partial charge in [-0.2, -0.15) is 13.2 Å². The van der Waals surface area contributed by atoms with Crippen molar-refractivity contribution in [2.24, 2.45) is 13.0 Å². The molecular formula is C20H28F3N3O6. The number of carbonyl (C=O) groups excluding carboxylic acids is 2. The lowest BCUT2D eigenvalue weighted by molar-refractivity contribution is -0.192. The second kappa shape index (κ2) is 10.8. The molecule has 2 fully saturated rings. The van der Waals surface area contributed by atoms with Gasteiger partial charge >= 0.3 is 12.1 Å². The van der Waals surface area contributed by atoms with Gasteiger partial charge in [-0.15, -0.1) is 0 Å². The van der Waals surface area contributed by atoms with E-state index in [0.717, 1.165) is 19.4 Å². The number of aryl methyl sites for hydroxylation is 1. The van der Waals surface area contributed by atoms with Crippen LogP contribution >= 0.6 is 0 Å². The van der Waals surface area contributed by atoms with Crippen molar-refractivity contribution in [3.05, 3.63) is 24.0 Å². The van der Waals surface area contributed by atoms with Gasteiger partial charge in [0.2, 0.25) is 5.91 Å². The van der Waals surface area contributed by atoms with E-state index in [1.54, 1.807) is 4.90 Å². The van der Waals surface area contributed by atoms with E-state index in [9.17, 15) is 22.8 Å². The largest absolute Gasteiger partial charge is 0.490 e. The number of hydrogen-bond acceptors (Lipinski definition) is 5. The molecule has 2 saturated heterocycles. The van der Waals surface area contributed by atoms with Crippen molar-refractivity contribution in [3.63, 3.8) is 0 Å². The molecule has 1 spiro atoms. The van der Waals surface area contributed by atoms with Crippen molar-refractivity contribution >= 4 is 17.8 Å². The van der Waals surface area contributed by atoms with Crippen LogP contribution in [0.1, 0.15) is 30.3 Å². The number of hydrogen-bond donors (Lipinski definition) is 2. The van der Waals surface area contributed by atoms with E-state index in [1.807, 2.05) is 36.9 Å². The summed E-state index contributed by atoms with van der Waals surface area (Å²) in [5, 5.41) is 10.1. The molecule has 2 aliphatic heterocycles. The molecule has 1 unspecified atom stereocenters. The second-order valence-corrected chi connectivity index (χ2v) is 7.64. The number of rotatable bonds is 7. The Bertz CT molecular complexity index is 805. The fraction of sp³-hybridized carbons (Fsp3) is 0.650. The number of aliphatic carboxylic acids is 1. The summed E-state index contributed by atoms with van der Waals surface area (Å²) in [6, 6.07) is 3.67. The molecule has 0 radical (unpaired) electrons. The third-order valence-corrected chi connectivity index (χ3v) is 5.50. The molecule has 32 heavy (non-hydrogen) atoms. The Kier molecular flexibility index (Phi) is 8.67. The Labute approximate surface area is 183 Å². The number of amides is 2. The summed E-state index contributed by atoms with van der Waals surface area (Å²) in [5.41, 5.74) is 0.436. The number of ether oxygens (including phenoxy) is 2. The lowest BCUT2D eigenvalue weighted by Crippen LogP contribution is -2.66. The molecular weight excluding hydrogens is 435 g/mol. The Hall–Kier alpha value is -2.60. The Morgan fingerprint density at radius 2 is 2.00 bits per heavy atom. The van der Waals surface area contributed by atoms with Crippen molar-refractivity contribution in [1.29, 1.82) is 0 Å². The lowest BCUT2D eigenvalue weighted by Gasteiger charge is -2.50. The minimum Gasteiger partial charge on any atom is -0.475 e. The summed E-state index contributed by atoms with van der Waals surface area (Å²) in [6.07, 6.45) is -1.38. The van der Waals surface area contributed by atoms with Gasteiger partial charge in [-0.3, -0.25) is 9.59 Å². The highest BCUT2D eigenvalue weighted by atomic mass is 19.4. The predicted molar refractivity (Wildman–Crippen MR) is 106 cm³/mol. The van der Waals surface area contributed by atoms with Crippen LogP contribution < -0.4 is 5.32 Å². The van der Waals surface area contributed by atoms with Crippen molar-refractivity contribution in [2.75, 3.05) is 39.5 Å². The molecule has 9 nitrogen and oxygen atoms in total. The van der Waals surface area contributed by atoms with Crippen molar-refractivity contribution in [1.82, 2.24) is 14.8 Å². The third kappa shape index (κ3) is 6.45. The van der Waals surface area contributed by atoms with E-state index < -0.39 is 12.1 Å². The number of carbonyl (C=O) groups is 3. The third-order valence-electron chi connectivity index (χ3n) is 5.50. The molecule has 3 rings (SSSR count). The van der Waals surface area contributed by atoms with Crippen LogP contribution in [0.3, 0.4) is 0 Å². The van der Waals surface area contributed by atoms with Gasteiger partial charge in [0.25, 0.3) is 5.91 Å². The molecule has 12 heteroatoms. The first-order chi connectivity index (χ1) is 15.0. The van der Waals surface area contributed by atoms with E-state index in [-0.39, 0.29) is 24.0 Å². The maximum Gasteiger partial charge on any atom is 0.490 e. The van der Waals surface area contributed by atoms with Crippen LogP contribution in [0.5, 0.6) is 0 Å². The summed E-state index contributed by atoms with van der Waals surface area (Å²) < 4.78 is 44.7. The zero-order valence-corrected chi connectivity index (χ0v) is 18.0. The SMILES string of the molecule is CCOCC(=O)N1CC2(C1)OCCC2CCNC(=O)c1cccn1C.O=C(O)C(F)(F)F. The van der Waals surface area contributed by atoms with Crippen LogP contribution in [0.2, 0.25) is 0 Å². The molecule has 0 aromatic carbocycles. The first-order valence-corrected chi connectivity index (χ1v) is 10.2. The Morgan fingerprint density at radius 1 is 1.34 bits per heavy atom. The molecule has 2 amide bonds. The monoisotopic (exact) mass is 463 g/mol. The quantitative estimate of drug-likeness (QED) is 0.633. The maximum atomic E-state index is 12.2. The van der Waals surface area contributed by atoms with Gasteiger partial charge in [0, 0.05) is 33.0 Å². The maximum absolute atomic E-state index is 12.2. The molecule has 180 valence electrons. The molecule has 3 heterocycles. The summed E-state index contributed by atoms with van der Waals surface area (Å²) >= 11 is 0. The highest BCUT2D eigenvalue weighted by Crippen LogP contribution is 2.41. The lowest BCUT2D eigenvalue weighted by atomic mass is 9.79. The van der Waals surface area contributed by atoms with Crippen molar-refractivity contribution in [2.45, 2.75) is 31.5 Å². The fourth-order valence-electron chi connectivity index (χ4n) is 3.75. The molecule has 0 saturated carbocycles. The van der Waals surface area contributed by atoms with Gasteiger partial charge in [-0.25, -0.2) is 4.79 Å². The minimum atomic E-state index is -5.08. The zero-order chi connectivity index (χ0) is 23.9. The van der Waals surface area contributed by atoms with Crippen molar-refractivity contribution < 1.29 is 42.1 Å². The number of aromatic nitrogens is 1. The van der Waals surface area contributed by atoms with Crippen LogP contribution in [-0.2, 0) is 26.1 Å².